The van der Waals surface area contributed by atoms with Crippen molar-refractivity contribution in [1.82, 2.24) is 4.90 Å². The van der Waals surface area contributed by atoms with Crippen LogP contribution in [0.5, 0.6) is 11.5 Å². The van der Waals surface area contributed by atoms with Crippen molar-refractivity contribution < 1.29 is 9.84 Å². The third-order valence-electron chi connectivity index (χ3n) is 4.27. The molecule has 0 saturated carbocycles. The van der Waals surface area contributed by atoms with Gasteiger partial charge in [0.25, 0.3) is 0 Å². The van der Waals surface area contributed by atoms with Gasteiger partial charge in [-0.2, -0.15) is 0 Å². The predicted octanol–water partition coefficient (Wildman–Crippen LogP) is 2.75. The van der Waals surface area contributed by atoms with Crippen molar-refractivity contribution in [3.63, 3.8) is 0 Å². The summed E-state index contributed by atoms with van der Waals surface area (Å²) in [5.41, 5.74) is 2.60. The number of aryl methyl sites for hydroxylation is 1. The van der Waals surface area contributed by atoms with Gasteiger partial charge in [-0.3, -0.25) is 4.90 Å². The summed E-state index contributed by atoms with van der Waals surface area (Å²) >= 11 is 0. The highest BCUT2D eigenvalue weighted by Crippen LogP contribution is 2.33. The maximum absolute atomic E-state index is 9.79. The quantitative estimate of drug-likeness (QED) is 0.904. The van der Waals surface area contributed by atoms with Crippen LogP contribution in [0.3, 0.4) is 0 Å². The second-order valence-corrected chi connectivity index (χ2v) is 5.69. The van der Waals surface area contributed by atoms with Crippen LogP contribution >= 0.6 is 0 Å². The molecule has 1 aromatic carbocycles. The van der Waals surface area contributed by atoms with E-state index in [-0.39, 0.29) is 0 Å². The minimum Gasteiger partial charge on any atom is -0.508 e. The molecular weight excluding hydrogens is 238 g/mol. The number of aromatic hydroxyl groups is 1. The molecule has 1 aliphatic carbocycles. The number of hydrogen-bond donors (Lipinski definition) is 1. The van der Waals surface area contributed by atoms with Crippen molar-refractivity contribution in [1.29, 1.82) is 0 Å². The van der Waals surface area contributed by atoms with Gasteiger partial charge in [0.05, 0.1) is 0 Å². The maximum Gasteiger partial charge on any atom is 0.126 e. The standard InChI is InChI=1S/C16H23NO2/c18-14-11-13-5-1-2-6-15(13)16(12-14)19-10-9-17-7-3-4-8-17/h11-12,18H,1-10H2. The van der Waals surface area contributed by atoms with E-state index in [1.165, 1.54) is 49.9 Å². The first-order valence-corrected chi connectivity index (χ1v) is 7.53. The molecule has 3 nitrogen and oxygen atoms in total. The molecule has 0 bridgehead atoms. The van der Waals surface area contributed by atoms with E-state index in [9.17, 15) is 5.11 Å². The highest BCUT2D eigenvalue weighted by Gasteiger charge is 2.16. The zero-order valence-corrected chi connectivity index (χ0v) is 11.5. The van der Waals surface area contributed by atoms with Gasteiger partial charge in [-0.1, -0.05) is 0 Å². The Bertz CT molecular complexity index is 439. The lowest BCUT2D eigenvalue weighted by Crippen LogP contribution is -2.25. The Morgan fingerprint density at radius 2 is 1.84 bits per heavy atom. The average molecular weight is 261 g/mol. The molecule has 1 heterocycles. The van der Waals surface area contributed by atoms with Crippen LogP contribution in [-0.4, -0.2) is 36.2 Å². The Balaban J connectivity index is 1.64. The summed E-state index contributed by atoms with van der Waals surface area (Å²) in [6.45, 7) is 4.16. The van der Waals surface area contributed by atoms with Gasteiger partial charge in [-0.05, 0) is 68.8 Å². The van der Waals surface area contributed by atoms with E-state index in [4.69, 9.17) is 4.74 Å². The molecule has 1 saturated heterocycles. The second-order valence-electron chi connectivity index (χ2n) is 5.69. The van der Waals surface area contributed by atoms with Gasteiger partial charge in [0, 0.05) is 12.6 Å². The van der Waals surface area contributed by atoms with Crippen LogP contribution in [0.2, 0.25) is 0 Å². The molecule has 19 heavy (non-hydrogen) atoms. The number of phenols is 1. The number of phenolic OH excluding ortho intramolecular Hbond substituents is 1. The minimum atomic E-state index is 0.344. The highest BCUT2D eigenvalue weighted by atomic mass is 16.5. The van der Waals surface area contributed by atoms with Crippen molar-refractivity contribution in [2.45, 2.75) is 38.5 Å². The van der Waals surface area contributed by atoms with Gasteiger partial charge in [0.15, 0.2) is 0 Å². The smallest absolute Gasteiger partial charge is 0.126 e. The Hall–Kier alpha value is -1.22. The van der Waals surface area contributed by atoms with E-state index in [1.54, 1.807) is 6.07 Å². The minimum absolute atomic E-state index is 0.344. The summed E-state index contributed by atoms with van der Waals surface area (Å²) in [6, 6.07) is 3.69. The normalized spacial score (nSPS) is 19.4. The topological polar surface area (TPSA) is 32.7 Å². The SMILES string of the molecule is Oc1cc2c(c(OCCN3CCCC3)c1)CCCC2. The maximum atomic E-state index is 9.79. The molecule has 104 valence electrons. The van der Waals surface area contributed by atoms with Gasteiger partial charge in [0.2, 0.25) is 0 Å². The van der Waals surface area contributed by atoms with Crippen molar-refractivity contribution in [2.75, 3.05) is 26.2 Å². The molecule has 0 radical (unpaired) electrons. The summed E-state index contributed by atoms with van der Waals surface area (Å²) in [5, 5.41) is 9.79. The lowest BCUT2D eigenvalue weighted by Gasteiger charge is -2.21. The molecule has 1 aromatic rings. The number of likely N-dealkylation sites (tertiary alicyclic amines) is 1. The van der Waals surface area contributed by atoms with E-state index < -0.39 is 0 Å². The lowest BCUT2D eigenvalue weighted by molar-refractivity contribution is 0.235. The first kappa shape index (κ1) is 12.8. The fourth-order valence-corrected chi connectivity index (χ4v) is 3.23. The fourth-order valence-electron chi connectivity index (χ4n) is 3.23. The molecular formula is C16H23NO2. The number of nitrogens with zero attached hydrogens (tertiary/aromatic N) is 1. The average Bonchev–Trinajstić information content (AvgIpc) is 2.91. The van der Waals surface area contributed by atoms with Gasteiger partial charge < -0.3 is 9.84 Å². The van der Waals surface area contributed by atoms with Crippen LogP contribution in [0, 0.1) is 0 Å². The van der Waals surface area contributed by atoms with E-state index in [0.717, 1.165) is 31.7 Å². The van der Waals surface area contributed by atoms with Crippen LogP contribution in [0.1, 0.15) is 36.8 Å². The van der Waals surface area contributed by atoms with Crippen LogP contribution in [0.25, 0.3) is 0 Å². The van der Waals surface area contributed by atoms with Gasteiger partial charge >= 0.3 is 0 Å². The molecule has 0 spiro atoms. The molecule has 0 atom stereocenters. The zero-order valence-electron chi connectivity index (χ0n) is 11.5. The molecule has 0 unspecified atom stereocenters. The molecule has 0 aromatic heterocycles. The number of ether oxygens (including phenoxy) is 1. The first-order chi connectivity index (χ1) is 9.33. The lowest BCUT2D eigenvalue weighted by atomic mass is 9.91. The van der Waals surface area contributed by atoms with Crippen LogP contribution in [-0.2, 0) is 12.8 Å². The summed E-state index contributed by atoms with van der Waals surface area (Å²) in [4.78, 5) is 2.45. The van der Waals surface area contributed by atoms with Crippen LogP contribution < -0.4 is 4.74 Å². The molecule has 3 rings (SSSR count). The molecule has 3 heteroatoms. The molecule has 1 aliphatic heterocycles. The largest absolute Gasteiger partial charge is 0.508 e. The Morgan fingerprint density at radius 3 is 2.68 bits per heavy atom. The van der Waals surface area contributed by atoms with E-state index in [0.29, 0.717) is 5.75 Å². The van der Waals surface area contributed by atoms with E-state index in [2.05, 4.69) is 4.90 Å². The van der Waals surface area contributed by atoms with Crippen molar-refractivity contribution in [3.05, 3.63) is 23.3 Å². The van der Waals surface area contributed by atoms with Gasteiger partial charge in [-0.15, -0.1) is 0 Å². The third-order valence-corrected chi connectivity index (χ3v) is 4.27. The number of hydrogen-bond acceptors (Lipinski definition) is 3. The molecule has 1 fully saturated rings. The highest BCUT2D eigenvalue weighted by molar-refractivity contribution is 5.47. The molecule has 2 aliphatic rings. The number of benzene rings is 1. The third kappa shape index (κ3) is 3.03. The van der Waals surface area contributed by atoms with Gasteiger partial charge in [-0.25, -0.2) is 0 Å². The zero-order chi connectivity index (χ0) is 13.1. The summed E-state index contributed by atoms with van der Waals surface area (Å²) in [6.07, 6.45) is 7.27. The van der Waals surface area contributed by atoms with E-state index >= 15 is 0 Å². The van der Waals surface area contributed by atoms with Crippen molar-refractivity contribution in [2.24, 2.45) is 0 Å². The Labute approximate surface area is 115 Å². The number of rotatable bonds is 4. The van der Waals surface area contributed by atoms with Gasteiger partial charge in [0.1, 0.15) is 18.1 Å². The molecule has 0 amide bonds. The Morgan fingerprint density at radius 1 is 1.05 bits per heavy atom. The van der Waals surface area contributed by atoms with E-state index in [1.807, 2.05) is 6.07 Å². The summed E-state index contributed by atoms with van der Waals surface area (Å²) in [7, 11) is 0. The summed E-state index contributed by atoms with van der Waals surface area (Å²) in [5.74, 6) is 1.26. The predicted molar refractivity (Wildman–Crippen MR) is 75.9 cm³/mol. The van der Waals surface area contributed by atoms with Crippen LogP contribution in [0.4, 0.5) is 0 Å². The van der Waals surface area contributed by atoms with Crippen molar-refractivity contribution >= 4 is 0 Å². The van der Waals surface area contributed by atoms with Crippen molar-refractivity contribution in [3.8, 4) is 11.5 Å². The van der Waals surface area contributed by atoms with Crippen LogP contribution in [0.15, 0.2) is 12.1 Å². The second kappa shape index (κ2) is 5.83. The molecule has 1 N–H and O–H groups in total. The number of fused-ring (bicyclic) bond motifs is 1. The monoisotopic (exact) mass is 261 g/mol. The Kier molecular flexibility index (Phi) is 3.92. The first-order valence-electron chi connectivity index (χ1n) is 7.53. The summed E-state index contributed by atoms with van der Waals surface area (Å²) < 4.78 is 5.95. The fraction of sp³-hybridized carbons (Fsp3) is 0.625.